The van der Waals surface area contributed by atoms with Gasteiger partial charge in [0.15, 0.2) is 5.16 Å². The summed E-state index contributed by atoms with van der Waals surface area (Å²) in [7, 11) is 0. The predicted molar refractivity (Wildman–Crippen MR) is 107 cm³/mol. The Hall–Kier alpha value is -1.76. The molecule has 1 fully saturated rings. The minimum Gasteiger partial charge on any atom is -0.341 e. The van der Waals surface area contributed by atoms with Crippen molar-refractivity contribution in [1.82, 2.24) is 19.7 Å². The van der Waals surface area contributed by atoms with Gasteiger partial charge in [0.1, 0.15) is 5.15 Å². The van der Waals surface area contributed by atoms with Crippen molar-refractivity contribution in [3.63, 3.8) is 0 Å². The molecule has 1 aliphatic rings. The van der Waals surface area contributed by atoms with E-state index < -0.39 is 0 Å². The quantitative estimate of drug-likeness (QED) is 0.447. The summed E-state index contributed by atoms with van der Waals surface area (Å²) >= 11 is 13.9. The molecular formula is C18H17Cl2N5S. The summed E-state index contributed by atoms with van der Waals surface area (Å²) in [6, 6.07) is 11.6. The number of nitrogens with zero attached hydrogens (tertiary/aromatic N) is 5. The van der Waals surface area contributed by atoms with E-state index in [1.54, 1.807) is 24.0 Å². The molecule has 0 amide bonds. The van der Waals surface area contributed by atoms with Crippen LogP contribution >= 0.6 is 35.0 Å². The van der Waals surface area contributed by atoms with Gasteiger partial charge in [-0.15, -0.1) is 10.2 Å². The van der Waals surface area contributed by atoms with E-state index in [2.05, 4.69) is 24.6 Å². The molecule has 1 saturated heterocycles. The van der Waals surface area contributed by atoms with Crippen LogP contribution in [0.5, 0.6) is 0 Å². The Morgan fingerprint density at radius 3 is 2.54 bits per heavy atom. The van der Waals surface area contributed by atoms with Gasteiger partial charge in [-0.1, -0.05) is 53.2 Å². The molecule has 134 valence electrons. The van der Waals surface area contributed by atoms with Gasteiger partial charge in [-0.25, -0.2) is 4.98 Å². The standard InChI is InChI=1S/C18H17Cl2N5S/c19-14-5-1-2-6-15(14)25-17(24-9-3-4-10-24)22-23-18(25)26-12-13-7-8-16(20)21-11-13/h1-2,5-8,11H,3-4,9-10,12H2. The van der Waals surface area contributed by atoms with Crippen molar-refractivity contribution in [2.45, 2.75) is 23.8 Å². The summed E-state index contributed by atoms with van der Waals surface area (Å²) in [5, 5.41) is 10.9. The van der Waals surface area contributed by atoms with Crippen molar-refractivity contribution in [1.29, 1.82) is 0 Å². The van der Waals surface area contributed by atoms with E-state index >= 15 is 0 Å². The molecule has 0 unspecified atom stereocenters. The number of rotatable bonds is 5. The Morgan fingerprint density at radius 1 is 1.00 bits per heavy atom. The van der Waals surface area contributed by atoms with Crippen LogP contribution in [0.3, 0.4) is 0 Å². The van der Waals surface area contributed by atoms with Crippen molar-refractivity contribution < 1.29 is 0 Å². The molecule has 0 saturated carbocycles. The van der Waals surface area contributed by atoms with Gasteiger partial charge in [-0.3, -0.25) is 4.57 Å². The van der Waals surface area contributed by atoms with Crippen LogP contribution in [0, 0.1) is 0 Å². The van der Waals surface area contributed by atoms with Crippen LogP contribution in [-0.2, 0) is 5.75 Å². The number of halogens is 2. The molecule has 0 bridgehead atoms. The summed E-state index contributed by atoms with van der Waals surface area (Å²) in [5.74, 6) is 1.58. The molecule has 2 aromatic heterocycles. The molecular weight excluding hydrogens is 389 g/mol. The topological polar surface area (TPSA) is 46.8 Å². The SMILES string of the molecule is Clc1ccc(CSc2nnc(N3CCCC3)n2-c2ccccc2Cl)cn1. The maximum absolute atomic E-state index is 6.47. The minimum absolute atomic E-state index is 0.495. The van der Waals surface area contributed by atoms with E-state index in [4.69, 9.17) is 23.2 Å². The van der Waals surface area contributed by atoms with E-state index in [1.807, 2.05) is 30.3 Å². The first kappa shape index (κ1) is 17.6. The first-order valence-corrected chi connectivity index (χ1v) is 10.1. The number of hydrogen-bond donors (Lipinski definition) is 0. The Morgan fingerprint density at radius 2 is 1.81 bits per heavy atom. The number of thioether (sulfide) groups is 1. The molecule has 1 aliphatic heterocycles. The van der Waals surface area contributed by atoms with Crippen LogP contribution in [-0.4, -0.2) is 32.8 Å². The zero-order chi connectivity index (χ0) is 17.9. The van der Waals surface area contributed by atoms with Crippen LogP contribution in [0.25, 0.3) is 5.69 Å². The van der Waals surface area contributed by atoms with Crippen LogP contribution < -0.4 is 4.90 Å². The summed E-state index contributed by atoms with van der Waals surface area (Å²) in [6.07, 6.45) is 4.13. The lowest BCUT2D eigenvalue weighted by Crippen LogP contribution is -2.22. The Balaban J connectivity index is 1.67. The summed E-state index contributed by atoms with van der Waals surface area (Å²) < 4.78 is 2.06. The molecule has 5 nitrogen and oxygen atoms in total. The Labute approximate surface area is 166 Å². The van der Waals surface area contributed by atoms with Crippen LogP contribution in [0.15, 0.2) is 47.8 Å². The minimum atomic E-state index is 0.495. The third-order valence-electron chi connectivity index (χ3n) is 4.26. The maximum atomic E-state index is 6.47. The lowest BCUT2D eigenvalue weighted by atomic mass is 10.3. The van der Waals surface area contributed by atoms with E-state index in [1.165, 1.54) is 12.8 Å². The number of anilines is 1. The lowest BCUT2D eigenvalue weighted by molar-refractivity contribution is 0.841. The number of hydrogen-bond acceptors (Lipinski definition) is 5. The summed E-state index contributed by atoms with van der Waals surface area (Å²) in [4.78, 5) is 6.40. The molecule has 0 aliphatic carbocycles. The first-order chi connectivity index (χ1) is 12.7. The first-order valence-electron chi connectivity index (χ1n) is 8.41. The molecule has 3 heterocycles. The van der Waals surface area contributed by atoms with Gasteiger partial charge in [0.25, 0.3) is 0 Å². The summed E-state index contributed by atoms with van der Waals surface area (Å²) in [5.41, 5.74) is 1.98. The van der Waals surface area contributed by atoms with Gasteiger partial charge in [0.2, 0.25) is 5.95 Å². The average molecular weight is 406 g/mol. The molecule has 8 heteroatoms. The maximum Gasteiger partial charge on any atom is 0.232 e. The number of pyridine rings is 1. The van der Waals surface area contributed by atoms with Gasteiger partial charge in [0, 0.05) is 25.0 Å². The molecule has 0 atom stereocenters. The van der Waals surface area contributed by atoms with Crippen LogP contribution in [0.4, 0.5) is 5.95 Å². The number of benzene rings is 1. The third-order valence-corrected chi connectivity index (χ3v) is 5.80. The molecule has 0 N–H and O–H groups in total. The molecule has 4 rings (SSSR count). The smallest absolute Gasteiger partial charge is 0.232 e. The fourth-order valence-electron chi connectivity index (χ4n) is 2.96. The predicted octanol–water partition coefficient (Wildman–Crippen LogP) is 4.86. The fourth-order valence-corrected chi connectivity index (χ4v) is 4.17. The van der Waals surface area contributed by atoms with Gasteiger partial charge in [0.05, 0.1) is 10.7 Å². The second-order valence-corrected chi connectivity index (χ2v) is 7.78. The highest BCUT2D eigenvalue weighted by molar-refractivity contribution is 7.98. The van der Waals surface area contributed by atoms with Gasteiger partial charge >= 0.3 is 0 Å². The van der Waals surface area contributed by atoms with E-state index in [-0.39, 0.29) is 0 Å². The van der Waals surface area contributed by atoms with Gasteiger partial charge < -0.3 is 4.90 Å². The normalized spacial score (nSPS) is 14.2. The van der Waals surface area contributed by atoms with Crippen LogP contribution in [0.1, 0.15) is 18.4 Å². The van der Waals surface area contributed by atoms with Crippen molar-refractivity contribution in [3.05, 3.63) is 58.3 Å². The lowest BCUT2D eigenvalue weighted by Gasteiger charge is -2.19. The summed E-state index contributed by atoms with van der Waals surface area (Å²) in [6.45, 7) is 1.99. The van der Waals surface area contributed by atoms with Gasteiger partial charge in [-0.2, -0.15) is 0 Å². The fraction of sp³-hybridized carbons (Fsp3) is 0.278. The second-order valence-electron chi connectivity index (χ2n) is 6.04. The van der Waals surface area contributed by atoms with Gasteiger partial charge in [-0.05, 0) is 36.6 Å². The van der Waals surface area contributed by atoms with Crippen molar-refractivity contribution >= 4 is 40.9 Å². The zero-order valence-corrected chi connectivity index (χ0v) is 16.3. The molecule has 3 aromatic rings. The molecule has 1 aromatic carbocycles. The molecule has 0 spiro atoms. The van der Waals surface area contributed by atoms with Crippen molar-refractivity contribution in [2.75, 3.05) is 18.0 Å². The highest BCUT2D eigenvalue weighted by Gasteiger charge is 2.23. The van der Waals surface area contributed by atoms with E-state index in [0.717, 1.165) is 41.2 Å². The third kappa shape index (κ3) is 3.68. The average Bonchev–Trinajstić information content (AvgIpc) is 3.31. The van der Waals surface area contributed by atoms with E-state index in [0.29, 0.717) is 10.2 Å². The van der Waals surface area contributed by atoms with Crippen LogP contribution in [0.2, 0.25) is 10.2 Å². The van der Waals surface area contributed by atoms with E-state index in [9.17, 15) is 0 Å². The molecule has 26 heavy (non-hydrogen) atoms. The molecule has 0 radical (unpaired) electrons. The van der Waals surface area contributed by atoms with Crippen molar-refractivity contribution in [3.8, 4) is 5.69 Å². The number of aromatic nitrogens is 4. The monoisotopic (exact) mass is 405 g/mol. The highest BCUT2D eigenvalue weighted by atomic mass is 35.5. The Bertz CT molecular complexity index is 891. The highest BCUT2D eigenvalue weighted by Crippen LogP contribution is 2.33. The zero-order valence-electron chi connectivity index (χ0n) is 14.0. The van der Waals surface area contributed by atoms with Crippen molar-refractivity contribution in [2.24, 2.45) is 0 Å². The second kappa shape index (κ2) is 7.86. The largest absolute Gasteiger partial charge is 0.341 e. The Kier molecular flexibility index (Phi) is 5.33. The number of para-hydroxylation sites is 1.